The molecule has 1 unspecified atom stereocenters. The van der Waals surface area contributed by atoms with Crippen molar-refractivity contribution >= 4 is 17.7 Å². The quantitative estimate of drug-likeness (QED) is 0.800. The van der Waals surface area contributed by atoms with Crippen LogP contribution in [0.3, 0.4) is 0 Å². The van der Waals surface area contributed by atoms with Crippen LogP contribution in [0.1, 0.15) is 34.5 Å². The van der Waals surface area contributed by atoms with Crippen molar-refractivity contribution in [2.45, 2.75) is 19.4 Å². The number of likely N-dealkylation sites (N-methyl/N-ethyl adjacent to an activating group) is 1. The zero-order chi connectivity index (χ0) is 20.1. The Kier molecular flexibility index (Phi) is 6.31. The molecule has 1 N–H and O–H groups in total. The number of cyclic esters (lactones) is 1. The van der Waals surface area contributed by atoms with Crippen molar-refractivity contribution in [1.82, 2.24) is 10.2 Å². The highest BCUT2D eigenvalue weighted by Crippen LogP contribution is 2.20. The predicted octanol–water partition coefficient (Wildman–Crippen LogP) is 3.24. The van der Waals surface area contributed by atoms with Gasteiger partial charge in [0.15, 0.2) is 0 Å². The third kappa shape index (κ3) is 4.51. The summed E-state index contributed by atoms with van der Waals surface area (Å²) in [5.41, 5.74) is 3.77. The summed E-state index contributed by atoms with van der Waals surface area (Å²) in [5.74, 6) is -0.132. The minimum absolute atomic E-state index is 0.0912. The number of carbonyl (C=O) groups excluding carboxylic acids is 2. The Morgan fingerprint density at radius 2 is 1.82 bits per heavy atom. The summed E-state index contributed by atoms with van der Waals surface area (Å²) in [4.78, 5) is 27.9. The Bertz CT molecular complexity index is 816. The molecular formula is C22H27N3O3. The number of aryl methyl sites for hydroxylation is 1. The van der Waals surface area contributed by atoms with E-state index in [1.165, 1.54) is 11.1 Å². The summed E-state index contributed by atoms with van der Waals surface area (Å²) < 4.78 is 4.94. The van der Waals surface area contributed by atoms with Crippen molar-refractivity contribution < 1.29 is 14.3 Å². The first-order valence-corrected chi connectivity index (χ1v) is 9.57. The highest BCUT2D eigenvalue weighted by Gasteiger charge is 2.23. The number of hydrogen-bond donors (Lipinski definition) is 1. The smallest absolute Gasteiger partial charge is 0.414 e. The van der Waals surface area contributed by atoms with Crippen LogP contribution in [0.5, 0.6) is 0 Å². The molecule has 3 rings (SSSR count). The van der Waals surface area contributed by atoms with Gasteiger partial charge in [0.05, 0.1) is 12.6 Å². The molecule has 2 aromatic carbocycles. The number of anilines is 1. The fourth-order valence-electron chi connectivity index (χ4n) is 3.29. The molecule has 28 heavy (non-hydrogen) atoms. The first-order valence-electron chi connectivity index (χ1n) is 9.57. The number of benzene rings is 2. The molecule has 6 heteroatoms. The van der Waals surface area contributed by atoms with Gasteiger partial charge in [-0.15, -0.1) is 0 Å². The van der Waals surface area contributed by atoms with E-state index in [2.05, 4.69) is 41.4 Å². The molecule has 148 valence electrons. The van der Waals surface area contributed by atoms with Gasteiger partial charge in [0.1, 0.15) is 6.61 Å². The summed E-state index contributed by atoms with van der Waals surface area (Å²) in [6, 6.07) is 15.6. The van der Waals surface area contributed by atoms with Crippen LogP contribution >= 0.6 is 0 Å². The Hall–Kier alpha value is -2.86. The lowest BCUT2D eigenvalue weighted by Gasteiger charge is -2.25. The van der Waals surface area contributed by atoms with Gasteiger partial charge in [-0.05, 0) is 55.9 Å². The van der Waals surface area contributed by atoms with Gasteiger partial charge >= 0.3 is 6.09 Å². The highest BCUT2D eigenvalue weighted by molar-refractivity contribution is 5.95. The molecule has 1 aliphatic rings. The second-order valence-corrected chi connectivity index (χ2v) is 7.10. The monoisotopic (exact) mass is 381 g/mol. The molecule has 6 nitrogen and oxygen atoms in total. The zero-order valence-electron chi connectivity index (χ0n) is 16.6. The summed E-state index contributed by atoms with van der Waals surface area (Å²) in [7, 11) is 4.02. The van der Waals surface area contributed by atoms with E-state index in [0.29, 0.717) is 25.3 Å². The predicted molar refractivity (Wildman–Crippen MR) is 110 cm³/mol. The van der Waals surface area contributed by atoms with Crippen molar-refractivity contribution in [2.24, 2.45) is 0 Å². The second kappa shape index (κ2) is 8.89. The number of nitrogens with one attached hydrogen (secondary N) is 1. The van der Waals surface area contributed by atoms with E-state index in [9.17, 15) is 9.59 Å². The van der Waals surface area contributed by atoms with Gasteiger partial charge in [-0.3, -0.25) is 9.69 Å². The van der Waals surface area contributed by atoms with Crippen molar-refractivity contribution in [3.05, 3.63) is 65.2 Å². The molecule has 2 amide bonds. The summed E-state index contributed by atoms with van der Waals surface area (Å²) in [5, 5.41) is 3.02. The number of nitrogens with zero attached hydrogens (tertiary/aromatic N) is 2. The minimum Gasteiger partial charge on any atom is -0.447 e. The number of hydrogen-bond acceptors (Lipinski definition) is 4. The lowest BCUT2D eigenvalue weighted by Crippen LogP contribution is -2.34. The van der Waals surface area contributed by atoms with Crippen LogP contribution in [0.2, 0.25) is 0 Å². The van der Waals surface area contributed by atoms with Crippen LogP contribution in [0.15, 0.2) is 48.5 Å². The van der Waals surface area contributed by atoms with E-state index < -0.39 is 0 Å². The maximum atomic E-state index is 12.6. The molecular weight excluding hydrogens is 354 g/mol. The average Bonchev–Trinajstić information content (AvgIpc) is 3.14. The van der Waals surface area contributed by atoms with E-state index in [0.717, 1.165) is 12.1 Å². The van der Waals surface area contributed by atoms with Crippen LogP contribution in [-0.2, 0) is 11.2 Å². The molecule has 0 saturated carbocycles. The third-order valence-corrected chi connectivity index (χ3v) is 5.05. The van der Waals surface area contributed by atoms with Gasteiger partial charge in [-0.1, -0.05) is 31.2 Å². The van der Waals surface area contributed by atoms with E-state index in [1.54, 1.807) is 29.2 Å². The molecule has 0 spiro atoms. The van der Waals surface area contributed by atoms with E-state index in [1.807, 2.05) is 14.1 Å². The molecule has 1 atom stereocenters. The molecule has 1 saturated heterocycles. The van der Waals surface area contributed by atoms with Crippen LogP contribution in [0.25, 0.3) is 0 Å². The molecule has 0 aromatic heterocycles. The minimum atomic E-state index is -0.347. The number of rotatable bonds is 7. The lowest BCUT2D eigenvalue weighted by atomic mass is 10.0. The summed E-state index contributed by atoms with van der Waals surface area (Å²) >= 11 is 0. The summed E-state index contributed by atoms with van der Waals surface area (Å²) in [6.07, 6.45) is 0.662. The van der Waals surface area contributed by atoms with Gasteiger partial charge in [0.2, 0.25) is 0 Å². The van der Waals surface area contributed by atoms with E-state index >= 15 is 0 Å². The maximum Gasteiger partial charge on any atom is 0.414 e. The zero-order valence-corrected chi connectivity index (χ0v) is 16.6. The molecule has 0 radical (unpaired) electrons. The normalized spacial score (nSPS) is 14.9. The van der Waals surface area contributed by atoms with Crippen LogP contribution in [-0.4, -0.2) is 50.7 Å². The van der Waals surface area contributed by atoms with Crippen molar-refractivity contribution in [2.75, 3.05) is 38.7 Å². The van der Waals surface area contributed by atoms with Crippen molar-refractivity contribution in [3.63, 3.8) is 0 Å². The SMILES string of the molecule is CCc1ccc(C(CNC(=O)c2ccc(N3CCOC3=O)cc2)N(C)C)cc1. The van der Waals surface area contributed by atoms with Gasteiger partial charge in [-0.2, -0.15) is 0 Å². The standard InChI is InChI=1S/C22H27N3O3/c1-4-16-5-7-17(8-6-16)20(24(2)3)15-23-21(26)18-9-11-19(12-10-18)25-13-14-28-22(25)27/h5-12,20H,4,13-15H2,1-3H3,(H,23,26). The van der Waals surface area contributed by atoms with Crippen molar-refractivity contribution in [1.29, 1.82) is 0 Å². The molecule has 1 heterocycles. The van der Waals surface area contributed by atoms with Gasteiger partial charge in [0, 0.05) is 17.8 Å². The van der Waals surface area contributed by atoms with Gasteiger partial charge in [0.25, 0.3) is 5.91 Å². The number of amides is 2. The Morgan fingerprint density at radius 3 is 2.36 bits per heavy atom. The fourth-order valence-corrected chi connectivity index (χ4v) is 3.29. The van der Waals surface area contributed by atoms with Crippen LogP contribution in [0, 0.1) is 0 Å². The average molecular weight is 381 g/mol. The van der Waals surface area contributed by atoms with E-state index in [-0.39, 0.29) is 18.0 Å². The van der Waals surface area contributed by atoms with Crippen LogP contribution in [0.4, 0.5) is 10.5 Å². The van der Waals surface area contributed by atoms with E-state index in [4.69, 9.17) is 4.74 Å². The van der Waals surface area contributed by atoms with Gasteiger partial charge < -0.3 is 15.0 Å². The lowest BCUT2D eigenvalue weighted by molar-refractivity contribution is 0.0942. The van der Waals surface area contributed by atoms with Crippen LogP contribution < -0.4 is 10.2 Å². The molecule has 2 aromatic rings. The first kappa shape index (κ1) is 19.9. The number of carbonyl (C=O) groups is 2. The fraction of sp³-hybridized carbons (Fsp3) is 0.364. The first-order chi connectivity index (χ1) is 13.5. The van der Waals surface area contributed by atoms with Gasteiger partial charge in [-0.25, -0.2) is 4.79 Å². The molecule has 1 fully saturated rings. The summed E-state index contributed by atoms with van der Waals surface area (Å²) in [6.45, 7) is 3.58. The molecule has 0 aliphatic carbocycles. The number of ether oxygens (including phenoxy) is 1. The Balaban J connectivity index is 1.63. The molecule has 1 aliphatic heterocycles. The highest BCUT2D eigenvalue weighted by atomic mass is 16.6. The maximum absolute atomic E-state index is 12.6. The Morgan fingerprint density at radius 1 is 1.14 bits per heavy atom. The Labute approximate surface area is 166 Å². The largest absolute Gasteiger partial charge is 0.447 e. The third-order valence-electron chi connectivity index (χ3n) is 5.05. The topological polar surface area (TPSA) is 61.9 Å². The second-order valence-electron chi connectivity index (χ2n) is 7.10. The molecule has 0 bridgehead atoms. The van der Waals surface area contributed by atoms with Crippen molar-refractivity contribution in [3.8, 4) is 0 Å².